The van der Waals surface area contributed by atoms with Crippen molar-refractivity contribution in [2.45, 2.75) is 0 Å². The SMILES string of the molecule is COC(=O)c1cccc(C#Cc2cccc(NC(=O)c3ccc(Cl)o3)c2)c1. The standard InChI is InChI=1S/C21H14ClNO4/c1-26-21(25)16-6-2-4-14(12-16)8-9-15-5-3-7-17(13-15)23-20(24)18-10-11-19(22)27-18/h2-7,10-13H,1H3,(H,23,24). The number of anilines is 1. The van der Waals surface area contributed by atoms with Gasteiger partial charge >= 0.3 is 5.97 Å². The summed E-state index contributed by atoms with van der Waals surface area (Å²) in [5.41, 5.74) is 2.39. The summed E-state index contributed by atoms with van der Waals surface area (Å²) in [6.07, 6.45) is 0. The molecule has 0 fully saturated rings. The maximum Gasteiger partial charge on any atom is 0.337 e. The number of ether oxygens (including phenoxy) is 1. The van der Waals surface area contributed by atoms with Crippen LogP contribution >= 0.6 is 11.6 Å². The fourth-order valence-electron chi connectivity index (χ4n) is 2.29. The number of benzene rings is 2. The van der Waals surface area contributed by atoms with Crippen LogP contribution in [0.2, 0.25) is 5.22 Å². The molecule has 5 nitrogen and oxygen atoms in total. The van der Waals surface area contributed by atoms with Gasteiger partial charge in [-0.05, 0) is 60.1 Å². The maximum absolute atomic E-state index is 12.1. The lowest BCUT2D eigenvalue weighted by Gasteiger charge is -2.03. The number of halogens is 1. The monoisotopic (exact) mass is 379 g/mol. The molecule has 0 saturated heterocycles. The Kier molecular flexibility index (Phi) is 5.60. The van der Waals surface area contributed by atoms with E-state index in [0.717, 1.165) is 0 Å². The van der Waals surface area contributed by atoms with Crippen LogP contribution in [0.15, 0.2) is 65.1 Å². The van der Waals surface area contributed by atoms with Crippen LogP contribution in [0.25, 0.3) is 0 Å². The van der Waals surface area contributed by atoms with Gasteiger partial charge in [0.25, 0.3) is 5.91 Å². The van der Waals surface area contributed by atoms with Gasteiger partial charge in [0.2, 0.25) is 0 Å². The van der Waals surface area contributed by atoms with Crippen LogP contribution < -0.4 is 5.32 Å². The Balaban J connectivity index is 1.76. The first-order valence-corrected chi connectivity index (χ1v) is 8.30. The number of nitrogens with one attached hydrogen (secondary N) is 1. The molecule has 27 heavy (non-hydrogen) atoms. The molecular weight excluding hydrogens is 366 g/mol. The molecule has 0 atom stereocenters. The molecule has 0 saturated carbocycles. The fourth-order valence-corrected chi connectivity index (χ4v) is 2.44. The minimum absolute atomic E-state index is 0.121. The van der Waals surface area contributed by atoms with Gasteiger partial charge in [0.15, 0.2) is 11.0 Å². The van der Waals surface area contributed by atoms with Crippen LogP contribution in [0.5, 0.6) is 0 Å². The highest BCUT2D eigenvalue weighted by Gasteiger charge is 2.10. The molecule has 0 spiro atoms. The number of carbonyl (C=O) groups is 2. The molecule has 0 aliphatic carbocycles. The van der Waals surface area contributed by atoms with E-state index in [1.807, 2.05) is 6.07 Å². The van der Waals surface area contributed by atoms with Crippen LogP contribution in [0.4, 0.5) is 5.69 Å². The van der Waals surface area contributed by atoms with Gasteiger partial charge in [-0.2, -0.15) is 0 Å². The summed E-state index contributed by atoms with van der Waals surface area (Å²) in [5, 5.41) is 2.87. The molecule has 1 aromatic heterocycles. The fraction of sp³-hybridized carbons (Fsp3) is 0.0476. The number of hydrogen-bond acceptors (Lipinski definition) is 4. The lowest BCUT2D eigenvalue weighted by molar-refractivity contribution is 0.0600. The Morgan fingerprint density at radius 2 is 1.70 bits per heavy atom. The van der Waals surface area contributed by atoms with Crippen LogP contribution in [0.3, 0.4) is 0 Å². The van der Waals surface area contributed by atoms with Crippen molar-refractivity contribution in [3.63, 3.8) is 0 Å². The first-order valence-electron chi connectivity index (χ1n) is 7.92. The topological polar surface area (TPSA) is 68.5 Å². The highest BCUT2D eigenvalue weighted by molar-refractivity contribution is 6.29. The van der Waals surface area contributed by atoms with Gasteiger partial charge < -0.3 is 14.5 Å². The molecule has 1 N–H and O–H groups in total. The zero-order chi connectivity index (χ0) is 19.2. The molecule has 6 heteroatoms. The normalized spacial score (nSPS) is 9.85. The van der Waals surface area contributed by atoms with Crippen molar-refractivity contribution in [3.8, 4) is 11.8 Å². The molecular formula is C21H14ClNO4. The Morgan fingerprint density at radius 3 is 2.37 bits per heavy atom. The number of carbonyl (C=O) groups excluding carboxylic acids is 2. The third-order valence-electron chi connectivity index (χ3n) is 3.55. The van der Waals surface area contributed by atoms with Gasteiger partial charge in [-0.1, -0.05) is 24.0 Å². The van der Waals surface area contributed by atoms with Crippen molar-refractivity contribution in [1.29, 1.82) is 0 Å². The summed E-state index contributed by atoms with van der Waals surface area (Å²) in [6.45, 7) is 0. The average Bonchev–Trinajstić information content (AvgIpc) is 3.13. The molecule has 0 aliphatic rings. The minimum atomic E-state index is -0.415. The van der Waals surface area contributed by atoms with Crippen molar-refractivity contribution < 1.29 is 18.7 Å². The Hall–Kier alpha value is -3.49. The van der Waals surface area contributed by atoms with E-state index in [-0.39, 0.29) is 11.0 Å². The summed E-state index contributed by atoms with van der Waals surface area (Å²) in [4.78, 5) is 23.7. The van der Waals surface area contributed by atoms with Gasteiger partial charge in [0.1, 0.15) is 0 Å². The Bertz CT molecular complexity index is 1060. The minimum Gasteiger partial charge on any atom is -0.465 e. The van der Waals surface area contributed by atoms with E-state index in [0.29, 0.717) is 22.4 Å². The number of furan rings is 1. The quantitative estimate of drug-likeness (QED) is 0.542. The molecule has 1 heterocycles. The summed E-state index contributed by atoms with van der Waals surface area (Å²) < 4.78 is 9.78. The second kappa shape index (κ2) is 8.26. The molecule has 134 valence electrons. The Labute approximate surface area is 160 Å². The van der Waals surface area contributed by atoms with Crippen molar-refractivity contribution in [2.24, 2.45) is 0 Å². The first kappa shape index (κ1) is 18.3. The second-order valence-corrected chi connectivity index (χ2v) is 5.83. The molecule has 3 rings (SSSR count). The largest absolute Gasteiger partial charge is 0.465 e. The zero-order valence-corrected chi connectivity index (χ0v) is 15.0. The van der Waals surface area contributed by atoms with Crippen LogP contribution in [-0.4, -0.2) is 19.0 Å². The van der Waals surface area contributed by atoms with Crippen molar-refractivity contribution in [2.75, 3.05) is 12.4 Å². The number of rotatable bonds is 3. The predicted molar refractivity (Wildman–Crippen MR) is 102 cm³/mol. The highest BCUT2D eigenvalue weighted by atomic mass is 35.5. The lowest BCUT2D eigenvalue weighted by Crippen LogP contribution is -2.10. The first-order chi connectivity index (χ1) is 13.0. The Morgan fingerprint density at radius 1 is 1.00 bits per heavy atom. The molecule has 0 bridgehead atoms. The van der Waals surface area contributed by atoms with E-state index in [2.05, 4.69) is 17.2 Å². The molecule has 0 radical (unpaired) electrons. The third-order valence-corrected chi connectivity index (χ3v) is 3.76. The van der Waals surface area contributed by atoms with E-state index in [4.69, 9.17) is 20.8 Å². The van der Waals surface area contributed by atoms with Gasteiger partial charge in [0.05, 0.1) is 12.7 Å². The molecule has 0 aliphatic heterocycles. The predicted octanol–water partition coefficient (Wildman–Crippen LogP) is 4.37. The van der Waals surface area contributed by atoms with Crippen molar-refractivity contribution in [3.05, 3.63) is 88.3 Å². The summed E-state index contributed by atoms with van der Waals surface area (Å²) in [7, 11) is 1.33. The van der Waals surface area contributed by atoms with E-state index in [1.54, 1.807) is 42.5 Å². The highest BCUT2D eigenvalue weighted by Crippen LogP contribution is 2.16. The molecule has 2 aromatic carbocycles. The number of hydrogen-bond donors (Lipinski definition) is 1. The van der Waals surface area contributed by atoms with Crippen LogP contribution in [0.1, 0.15) is 32.0 Å². The molecule has 3 aromatic rings. The van der Waals surface area contributed by atoms with Crippen molar-refractivity contribution in [1.82, 2.24) is 0 Å². The summed E-state index contributed by atoms with van der Waals surface area (Å²) in [5.74, 6) is 5.30. The number of esters is 1. The third kappa shape index (κ3) is 4.78. The summed E-state index contributed by atoms with van der Waals surface area (Å²) >= 11 is 5.68. The van der Waals surface area contributed by atoms with E-state index < -0.39 is 11.9 Å². The number of amides is 1. The van der Waals surface area contributed by atoms with Crippen molar-refractivity contribution >= 4 is 29.2 Å². The lowest BCUT2D eigenvalue weighted by atomic mass is 10.1. The second-order valence-electron chi connectivity index (χ2n) is 5.46. The molecule has 0 unspecified atom stereocenters. The van der Waals surface area contributed by atoms with Gasteiger partial charge in [-0.15, -0.1) is 0 Å². The maximum atomic E-state index is 12.1. The molecule has 1 amide bonds. The zero-order valence-electron chi connectivity index (χ0n) is 14.3. The average molecular weight is 380 g/mol. The van der Waals surface area contributed by atoms with Crippen LogP contribution in [0, 0.1) is 11.8 Å². The van der Waals surface area contributed by atoms with Gasteiger partial charge in [-0.3, -0.25) is 4.79 Å². The van der Waals surface area contributed by atoms with E-state index >= 15 is 0 Å². The van der Waals surface area contributed by atoms with E-state index in [1.165, 1.54) is 19.2 Å². The number of methoxy groups -OCH3 is 1. The van der Waals surface area contributed by atoms with Crippen LogP contribution in [-0.2, 0) is 4.74 Å². The van der Waals surface area contributed by atoms with E-state index in [9.17, 15) is 9.59 Å². The smallest absolute Gasteiger partial charge is 0.337 e. The van der Waals surface area contributed by atoms with Gasteiger partial charge in [-0.25, -0.2) is 4.79 Å². The van der Waals surface area contributed by atoms with Gasteiger partial charge in [0, 0.05) is 16.8 Å². The summed E-state index contributed by atoms with van der Waals surface area (Å²) in [6, 6.07) is 16.9.